The minimum atomic E-state index is -0.419. The van der Waals surface area contributed by atoms with Crippen molar-refractivity contribution >= 4 is 28.2 Å². The van der Waals surface area contributed by atoms with Gasteiger partial charge in [-0.1, -0.05) is 39.0 Å². The molecule has 1 aromatic heterocycles. The van der Waals surface area contributed by atoms with Crippen molar-refractivity contribution in [3.8, 4) is 12.1 Å². The van der Waals surface area contributed by atoms with Gasteiger partial charge in [-0.2, -0.15) is 10.5 Å². The second-order valence-electron chi connectivity index (χ2n) is 11.7. The largest absolute Gasteiger partial charge is 0.383 e. The number of carbonyl (C=O) groups excluding carboxylic acids is 1. The molecular weight excluding hydrogens is 502 g/mol. The molecule has 10 heteroatoms. The second kappa shape index (κ2) is 9.74. The molecule has 5 N–H and O–H groups in total. The molecule has 0 bridgehead atoms. The molecule has 202 valence electrons. The molecule has 1 atom stereocenters. The van der Waals surface area contributed by atoms with E-state index in [0.717, 1.165) is 29.7 Å². The van der Waals surface area contributed by atoms with E-state index < -0.39 is 6.04 Å². The van der Waals surface area contributed by atoms with Crippen molar-refractivity contribution in [3.63, 3.8) is 0 Å². The first kappa shape index (κ1) is 25.5. The van der Waals surface area contributed by atoms with Crippen LogP contribution in [-0.4, -0.2) is 28.5 Å². The Morgan fingerprint density at radius 1 is 1.18 bits per heavy atom. The summed E-state index contributed by atoms with van der Waals surface area (Å²) in [6, 6.07) is 14.1. The zero-order valence-electron chi connectivity index (χ0n) is 22.7. The number of hydrogen-bond donors (Lipinski definition) is 5. The summed E-state index contributed by atoms with van der Waals surface area (Å²) in [5, 5.41) is 32.6. The van der Waals surface area contributed by atoms with Crippen LogP contribution in [0.4, 0.5) is 11.4 Å². The van der Waals surface area contributed by atoms with E-state index in [9.17, 15) is 15.3 Å². The summed E-state index contributed by atoms with van der Waals surface area (Å²) in [5.41, 5.74) is 12.5. The summed E-state index contributed by atoms with van der Waals surface area (Å²) in [4.78, 5) is 17.4. The molecular formula is C30H31N9O. The zero-order chi connectivity index (χ0) is 28.0. The highest BCUT2D eigenvalue weighted by atomic mass is 16.1. The van der Waals surface area contributed by atoms with Crippen molar-refractivity contribution in [2.75, 3.05) is 17.2 Å². The third kappa shape index (κ3) is 4.74. The van der Waals surface area contributed by atoms with Crippen LogP contribution in [0.25, 0.3) is 10.9 Å². The zero-order valence-corrected chi connectivity index (χ0v) is 22.7. The fourth-order valence-corrected chi connectivity index (χ4v) is 5.18. The highest BCUT2D eigenvalue weighted by molar-refractivity contribution is 6.01. The SMILES string of the molecule is CC(C)(C)CNc1c(C#N)cnc2c(C#N)cc(N[C@H](C3=CN(C4CC4)NN3)c3cccc4c3C(=O)NC4)cc12. The van der Waals surface area contributed by atoms with Gasteiger partial charge in [0.05, 0.1) is 34.1 Å². The summed E-state index contributed by atoms with van der Waals surface area (Å²) in [7, 11) is 0. The van der Waals surface area contributed by atoms with Crippen LogP contribution in [0.2, 0.25) is 0 Å². The van der Waals surface area contributed by atoms with Gasteiger partial charge in [-0.3, -0.25) is 14.8 Å². The van der Waals surface area contributed by atoms with Gasteiger partial charge in [0.25, 0.3) is 5.91 Å². The summed E-state index contributed by atoms with van der Waals surface area (Å²) in [5.74, 6) is -0.101. The van der Waals surface area contributed by atoms with E-state index in [1.165, 1.54) is 6.20 Å². The Hall–Kier alpha value is -4.80. The van der Waals surface area contributed by atoms with E-state index in [0.29, 0.717) is 58.1 Å². The quantitative estimate of drug-likeness (QED) is 0.303. The van der Waals surface area contributed by atoms with Crippen LogP contribution in [-0.2, 0) is 6.54 Å². The molecule has 40 heavy (non-hydrogen) atoms. The number of hydrogen-bond acceptors (Lipinski definition) is 9. The van der Waals surface area contributed by atoms with E-state index in [1.807, 2.05) is 30.5 Å². The van der Waals surface area contributed by atoms with E-state index in [4.69, 9.17) is 0 Å². The monoisotopic (exact) mass is 533 g/mol. The van der Waals surface area contributed by atoms with Gasteiger partial charge < -0.3 is 21.4 Å². The van der Waals surface area contributed by atoms with Gasteiger partial charge in [-0.25, -0.2) is 0 Å². The Morgan fingerprint density at radius 2 is 1.98 bits per heavy atom. The average Bonchev–Trinajstić information content (AvgIpc) is 3.55. The molecule has 3 heterocycles. The van der Waals surface area contributed by atoms with Gasteiger partial charge in [-0.05, 0) is 41.5 Å². The fourth-order valence-electron chi connectivity index (χ4n) is 5.18. The third-order valence-corrected chi connectivity index (χ3v) is 7.34. The Labute approximate surface area is 233 Å². The predicted octanol–water partition coefficient (Wildman–Crippen LogP) is 4.16. The van der Waals surface area contributed by atoms with Crippen molar-refractivity contribution in [1.82, 2.24) is 26.3 Å². The average molecular weight is 534 g/mol. The summed E-state index contributed by atoms with van der Waals surface area (Å²) in [6.45, 7) is 7.47. The van der Waals surface area contributed by atoms with Gasteiger partial charge in [0.1, 0.15) is 12.1 Å². The van der Waals surface area contributed by atoms with Crippen molar-refractivity contribution in [3.05, 3.63) is 76.2 Å². The summed E-state index contributed by atoms with van der Waals surface area (Å²) in [6.07, 6.45) is 5.80. The highest BCUT2D eigenvalue weighted by Crippen LogP contribution is 2.37. The van der Waals surface area contributed by atoms with Gasteiger partial charge in [-0.15, -0.1) is 5.53 Å². The first-order chi connectivity index (χ1) is 19.3. The number of nitrogens with zero attached hydrogens (tertiary/aromatic N) is 4. The topological polar surface area (TPSA) is 141 Å². The van der Waals surface area contributed by atoms with Crippen LogP contribution >= 0.6 is 0 Å². The third-order valence-electron chi connectivity index (χ3n) is 7.34. The second-order valence-corrected chi connectivity index (χ2v) is 11.7. The van der Waals surface area contributed by atoms with Crippen LogP contribution in [0, 0.1) is 28.1 Å². The maximum atomic E-state index is 12.9. The first-order valence-corrected chi connectivity index (χ1v) is 13.4. The molecule has 1 saturated carbocycles. The van der Waals surface area contributed by atoms with E-state index in [2.05, 4.69) is 69.8 Å². The molecule has 6 rings (SSSR count). The van der Waals surface area contributed by atoms with Crippen LogP contribution in [0.15, 0.2) is 48.4 Å². The Balaban J connectivity index is 1.47. The predicted molar refractivity (Wildman–Crippen MR) is 152 cm³/mol. The maximum absolute atomic E-state index is 12.9. The number of rotatable bonds is 7. The molecule has 0 unspecified atom stereocenters. The number of amides is 1. The lowest BCUT2D eigenvalue weighted by atomic mass is 9.94. The van der Waals surface area contributed by atoms with E-state index in [1.54, 1.807) is 6.07 Å². The molecule has 10 nitrogen and oxygen atoms in total. The van der Waals surface area contributed by atoms with E-state index in [-0.39, 0.29) is 11.3 Å². The maximum Gasteiger partial charge on any atom is 0.252 e. The molecule has 1 amide bonds. The molecule has 0 saturated heterocycles. The van der Waals surface area contributed by atoms with Gasteiger partial charge in [0.2, 0.25) is 0 Å². The number of aromatic nitrogens is 1. The van der Waals surface area contributed by atoms with Crippen molar-refractivity contribution in [1.29, 1.82) is 10.5 Å². The van der Waals surface area contributed by atoms with Crippen LogP contribution in [0.1, 0.15) is 72.3 Å². The minimum absolute atomic E-state index is 0.0311. The lowest BCUT2D eigenvalue weighted by Gasteiger charge is -2.24. The fraction of sp³-hybridized carbons (Fsp3) is 0.333. The number of benzene rings is 2. The highest BCUT2D eigenvalue weighted by Gasteiger charge is 2.34. The molecule has 0 spiro atoms. The molecule has 2 aromatic carbocycles. The lowest BCUT2D eigenvalue weighted by Crippen LogP contribution is -2.38. The summed E-state index contributed by atoms with van der Waals surface area (Å²) >= 11 is 0. The number of carbonyl (C=O) groups is 1. The van der Waals surface area contributed by atoms with Gasteiger partial charge in [0, 0.05) is 48.2 Å². The van der Waals surface area contributed by atoms with Crippen molar-refractivity contribution < 1.29 is 4.79 Å². The summed E-state index contributed by atoms with van der Waals surface area (Å²) < 4.78 is 0. The van der Waals surface area contributed by atoms with Crippen molar-refractivity contribution in [2.45, 2.75) is 52.2 Å². The Bertz CT molecular complexity index is 1640. The van der Waals surface area contributed by atoms with Crippen LogP contribution in [0.3, 0.4) is 0 Å². The number of nitrogens with one attached hydrogen (secondary N) is 5. The molecule has 0 radical (unpaired) electrons. The molecule has 1 fully saturated rings. The van der Waals surface area contributed by atoms with Crippen LogP contribution < -0.4 is 26.9 Å². The Kier molecular flexibility index (Phi) is 6.21. The standard InChI is InChI=1S/C30H31N9O/c1-30(2,3)16-35-27-19(12-32)14-33-26-18(11-31)9-20(10-23(26)27)36-28(24-15-39(38-37-24)21-7-8-21)22-6-4-5-17-13-34-29(40)25(17)22/h4-6,9-10,14-15,21,28,36-38H,7-8,13,16H2,1-3H3,(H,33,35)(H,34,40)/t28-/m0/s1. The smallest absolute Gasteiger partial charge is 0.252 e. The number of fused-ring (bicyclic) bond motifs is 2. The van der Waals surface area contributed by atoms with Gasteiger partial charge in [0.15, 0.2) is 0 Å². The van der Waals surface area contributed by atoms with Crippen molar-refractivity contribution in [2.24, 2.45) is 5.41 Å². The Morgan fingerprint density at radius 3 is 2.70 bits per heavy atom. The molecule has 3 aromatic rings. The van der Waals surface area contributed by atoms with E-state index >= 15 is 0 Å². The van der Waals surface area contributed by atoms with Gasteiger partial charge >= 0.3 is 0 Å². The van der Waals surface area contributed by atoms with Crippen LogP contribution in [0.5, 0.6) is 0 Å². The molecule has 3 aliphatic rings. The number of pyridine rings is 1. The molecule has 1 aliphatic carbocycles. The number of hydrazine groups is 2. The number of anilines is 2. The lowest BCUT2D eigenvalue weighted by molar-refractivity contribution is 0.0964. The molecule has 2 aliphatic heterocycles. The first-order valence-electron chi connectivity index (χ1n) is 13.4. The number of nitriles is 2. The normalized spacial score (nSPS) is 16.9. The minimum Gasteiger partial charge on any atom is -0.383 e.